The highest BCUT2D eigenvalue weighted by Crippen LogP contribution is 2.47. The zero-order valence-corrected chi connectivity index (χ0v) is 14.0. The van der Waals surface area contributed by atoms with Crippen molar-refractivity contribution in [1.82, 2.24) is 15.5 Å². The number of hydrogen-bond acceptors (Lipinski definition) is 5. The highest BCUT2D eigenvalue weighted by Gasteiger charge is 2.49. The van der Waals surface area contributed by atoms with E-state index in [0.29, 0.717) is 29.1 Å². The van der Waals surface area contributed by atoms with Gasteiger partial charge in [-0.1, -0.05) is 17.3 Å². The number of nitrogens with two attached hydrogens (primary N) is 1. The topological polar surface area (TPSA) is 94.0 Å². The van der Waals surface area contributed by atoms with Crippen LogP contribution in [-0.2, 0) is 4.79 Å². The van der Waals surface area contributed by atoms with Gasteiger partial charge < -0.3 is 15.6 Å². The molecule has 132 valence electrons. The average Bonchev–Trinajstić information content (AvgIpc) is 3.30. The van der Waals surface area contributed by atoms with Gasteiger partial charge in [0.2, 0.25) is 17.6 Å². The molecule has 2 aromatic rings. The minimum Gasteiger partial charge on any atom is -0.344 e. The van der Waals surface area contributed by atoms with Gasteiger partial charge in [0.05, 0.1) is 5.92 Å². The molecular weight excluding hydrogens is 323 g/mol. The molecule has 2 fully saturated rings. The lowest BCUT2D eigenvalue weighted by Crippen LogP contribution is -2.45. The van der Waals surface area contributed by atoms with E-state index < -0.39 is 6.04 Å². The second-order valence-electron chi connectivity index (χ2n) is 7.13. The first-order valence-electron chi connectivity index (χ1n) is 8.68. The second-order valence-corrected chi connectivity index (χ2v) is 7.13. The van der Waals surface area contributed by atoms with Crippen molar-refractivity contribution < 1.29 is 13.7 Å². The monoisotopic (exact) mass is 344 g/mol. The van der Waals surface area contributed by atoms with E-state index >= 15 is 0 Å². The molecule has 0 saturated heterocycles. The van der Waals surface area contributed by atoms with E-state index in [-0.39, 0.29) is 23.7 Å². The molecule has 0 spiro atoms. The van der Waals surface area contributed by atoms with Crippen LogP contribution in [0.4, 0.5) is 4.39 Å². The molecule has 1 heterocycles. The van der Waals surface area contributed by atoms with E-state index in [4.69, 9.17) is 10.3 Å². The smallest absolute Gasteiger partial charge is 0.249 e. The summed E-state index contributed by atoms with van der Waals surface area (Å²) in [7, 11) is 0. The largest absolute Gasteiger partial charge is 0.344 e. The van der Waals surface area contributed by atoms with Crippen LogP contribution < -0.4 is 11.1 Å². The summed E-state index contributed by atoms with van der Waals surface area (Å²) in [5.41, 5.74) is 6.76. The first-order valence-corrected chi connectivity index (χ1v) is 8.68. The third-order valence-electron chi connectivity index (χ3n) is 5.54. The van der Waals surface area contributed by atoms with Crippen molar-refractivity contribution in [3.8, 4) is 11.4 Å². The number of carbonyl (C=O) groups is 1. The number of benzene rings is 1. The molecule has 7 heteroatoms. The summed E-state index contributed by atoms with van der Waals surface area (Å²) < 4.78 is 18.6. The number of nitrogens with zero attached hydrogens (tertiary/aromatic N) is 2. The molecule has 0 radical (unpaired) electrons. The van der Waals surface area contributed by atoms with E-state index in [1.54, 1.807) is 19.1 Å². The molecule has 0 aliphatic heterocycles. The zero-order chi connectivity index (χ0) is 17.6. The van der Waals surface area contributed by atoms with Gasteiger partial charge in [-0.05, 0) is 50.2 Å². The number of amides is 1. The van der Waals surface area contributed by atoms with Gasteiger partial charge in [0.15, 0.2) is 0 Å². The van der Waals surface area contributed by atoms with Crippen LogP contribution in [0.25, 0.3) is 11.4 Å². The molecule has 5 unspecified atom stereocenters. The van der Waals surface area contributed by atoms with Gasteiger partial charge in [0.1, 0.15) is 11.9 Å². The Morgan fingerprint density at radius 1 is 1.40 bits per heavy atom. The number of carbonyl (C=O) groups excluding carboxylic acids is 1. The zero-order valence-electron chi connectivity index (χ0n) is 14.0. The summed E-state index contributed by atoms with van der Waals surface area (Å²) in [6.07, 6.45) is 3.26. The van der Waals surface area contributed by atoms with Crippen molar-refractivity contribution in [1.29, 1.82) is 0 Å². The number of hydrogen-bond donors (Lipinski definition) is 2. The normalized spacial score (nSPS) is 28.9. The summed E-state index contributed by atoms with van der Waals surface area (Å²) in [4.78, 5) is 16.9. The third-order valence-corrected chi connectivity index (χ3v) is 5.54. The maximum atomic E-state index is 13.3. The van der Waals surface area contributed by atoms with Crippen molar-refractivity contribution >= 4 is 5.91 Å². The molecular formula is C18H21FN4O2. The SMILES string of the molecule is CC(NC(=O)C1C2CCC(C2)C1N)c1nc(-c2cccc(F)c2)no1. The molecule has 2 aliphatic carbocycles. The fraction of sp³-hybridized carbons (Fsp3) is 0.500. The number of fused-ring (bicyclic) bond motifs is 2. The fourth-order valence-corrected chi connectivity index (χ4v) is 4.25. The van der Waals surface area contributed by atoms with Crippen LogP contribution >= 0.6 is 0 Å². The first-order chi connectivity index (χ1) is 12.0. The number of aromatic nitrogens is 2. The van der Waals surface area contributed by atoms with Gasteiger partial charge in [-0.15, -0.1) is 0 Å². The maximum absolute atomic E-state index is 13.3. The molecule has 3 N–H and O–H groups in total. The minimum atomic E-state index is -0.423. The van der Waals surface area contributed by atoms with Crippen molar-refractivity contribution in [2.24, 2.45) is 23.5 Å². The molecule has 4 rings (SSSR count). The van der Waals surface area contributed by atoms with Crippen molar-refractivity contribution in [2.75, 3.05) is 0 Å². The fourth-order valence-electron chi connectivity index (χ4n) is 4.25. The Morgan fingerprint density at radius 3 is 2.92 bits per heavy atom. The van der Waals surface area contributed by atoms with Gasteiger partial charge in [-0.2, -0.15) is 4.98 Å². The summed E-state index contributed by atoms with van der Waals surface area (Å²) in [6, 6.07) is 5.50. The number of nitrogens with one attached hydrogen (secondary N) is 1. The molecule has 6 nitrogen and oxygen atoms in total. The van der Waals surface area contributed by atoms with Gasteiger partial charge in [0, 0.05) is 11.6 Å². The molecule has 1 aromatic carbocycles. The van der Waals surface area contributed by atoms with E-state index in [0.717, 1.165) is 19.3 Å². The Kier molecular flexibility index (Phi) is 4.03. The lowest BCUT2D eigenvalue weighted by atomic mass is 9.84. The van der Waals surface area contributed by atoms with Crippen molar-refractivity contribution in [3.05, 3.63) is 36.0 Å². The van der Waals surface area contributed by atoms with Crippen LogP contribution in [0.1, 0.15) is 38.1 Å². The number of halogens is 1. The quantitative estimate of drug-likeness (QED) is 0.888. The van der Waals surface area contributed by atoms with Crippen molar-refractivity contribution in [2.45, 2.75) is 38.3 Å². The van der Waals surface area contributed by atoms with E-state index in [9.17, 15) is 9.18 Å². The van der Waals surface area contributed by atoms with Crippen LogP contribution in [-0.4, -0.2) is 22.1 Å². The van der Waals surface area contributed by atoms with Gasteiger partial charge >= 0.3 is 0 Å². The summed E-state index contributed by atoms with van der Waals surface area (Å²) in [5, 5.41) is 6.82. The molecule has 2 saturated carbocycles. The number of rotatable bonds is 4. The van der Waals surface area contributed by atoms with Crippen molar-refractivity contribution in [3.63, 3.8) is 0 Å². The van der Waals surface area contributed by atoms with Gasteiger partial charge in [0.25, 0.3) is 0 Å². The molecule has 2 aliphatic rings. The van der Waals surface area contributed by atoms with E-state index in [1.807, 2.05) is 0 Å². The Hall–Kier alpha value is -2.28. The van der Waals surface area contributed by atoms with E-state index in [1.165, 1.54) is 12.1 Å². The summed E-state index contributed by atoms with van der Waals surface area (Å²) in [5.74, 6) is 0.910. The average molecular weight is 344 g/mol. The van der Waals surface area contributed by atoms with E-state index in [2.05, 4.69) is 15.5 Å². The van der Waals surface area contributed by atoms with Gasteiger partial charge in [-0.25, -0.2) is 4.39 Å². The predicted molar refractivity (Wildman–Crippen MR) is 88.5 cm³/mol. The van der Waals surface area contributed by atoms with Crippen LogP contribution in [0.3, 0.4) is 0 Å². The Balaban J connectivity index is 1.45. The van der Waals surface area contributed by atoms with Crippen LogP contribution in [0.5, 0.6) is 0 Å². The summed E-state index contributed by atoms with van der Waals surface area (Å²) >= 11 is 0. The first kappa shape index (κ1) is 16.2. The summed E-state index contributed by atoms with van der Waals surface area (Å²) in [6.45, 7) is 1.79. The van der Waals surface area contributed by atoms with Crippen LogP contribution in [0.2, 0.25) is 0 Å². The molecule has 5 atom stereocenters. The third kappa shape index (κ3) is 2.93. The second kappa shape index (κ2) is 6.22. The Labute approximate surface area is 145 Å². The van der Waals surface area contributed by atoms with Gasteiger partial charge in [-0.3, -0.25) is 4.79 Å². The lowest BCUT2D eigenvalue weighted by Gasteiger charge is -2.27. The molecule has 2 bridgehead atoms. The minimum absolute atomic E-state index is 0.0438. The predicted octanol–water partition coefficient (Wildman–Crippen LogP) is 2.43. The lowest BCUT2D eigenvalue weighted by molar-refractivity contribution is -0.127. The highest BCUT2D eigenvalue weighted by molar-refractivity contribution is 5.80. The molecule has 25 heavy (non-hydrogen) atoms. The maximum Gasteiger partial charge on any atom is 0.249 e. The standard InChI is InChI=1S/C18H21FN4O2/c1-9(21-17(24)14-10-5-6-11(7-10)15(14)20)18-22-16(23-25-18)12-3-2-4-13(19)8-12/h2-4,8-11,14-15H,5-7,20H2,1H3,(H,21,24). The Bertz CT molecular complexity index is 791. The van der Waals surface area contributed by atoms with Crippen LogP contribution in [0.15, 0.2) is 28.8 Å². The Morgan fingerprint density at radius 2 is 2.20 bits per heavy atom. The highest BCUT2D eigenvalue weighted by atomic mass is 19.1. The molecule has 1 aromatic heterocycles. The van der Waals surface area contributed by atoms with Crippen LogP contribution in [0, 0.1) is 23.6 Å². The molecule has 1 amide bonds.